The summed E-state index contributed by atoms with van der Waals surface area (Å²) in [4.78, 5) is 8.67. The number of nitrogens with zero attached hydrogens (tertiary/aromatic N) is 4. The van der Waals surface area contributed by atoms with Crippen LogP contribution in [0.5, 0.6) is 0 Å². The van der Waals surface area contributed by atoms with Crippen LogP contribution in [-0.4, -0.2) is 32.8 Å². The molecule has 3 N–H and O–H groups in total. The van der Waals surface area contributed by atoms with Gasteiger partial charge >= 0.3 is 0 Å². The Bertz CT molecular complexity index is 1160. The lowest BCUT2D eigenvalue weighted by molar-refractivity contribution is 0.343. The van der Waals surface area contributed by atoms with Crippen molar-refractivity contribution in [3.8, 4) is 22.7 Å². The topological polar surface area (TPSA) is 94.8 Å². The van der Waals surface area contributed by atoms with Crippen LogP contribution in [0.1, 0.15) is 18.9 Å². The fourth-order valence-corrected chi connectivity index (χ4v) is 3.75. The first-order chi connectivity index (χ1) is 14.1. The van der Waals surface area contributed by atoms with E-state index >= 15 is 0 Å². The van der Waals surface area contributed by atoms with E-state index in [1.54, 1.807) is 6.20 Å². The second-order valence-electron chi connectivity index (χ2n) is 7.07. The summed E-state index contributed by atoms with van der Waals surface area (Å²) in [6.07, 6.45) is 5.77. The van der Waals surface area contributed by atoms with Gasteiger partial charge in [-0.25, -0.2) is 14.4 Å². The Balaban J connectivity index is 1.51. The van der Waals surface area contributed by atoms with Gasteiger partial charge in [0, 0.05) is 24.0 Å². The number of nitrogens with one attached hydrogen (secondary N) is 1. The number of nitrogen functional groups attached to an aromatic ring is 1. The van der Waals surface area contributed by atoms with Crippen molar-refractivity contribution < 1.29 is 8.81 Å². The smallest absolute Gasteiger partial charge is 0.231 e. The number of oxazole rings is 1. The first kappa shape index (κ1) is 18.1. The minimum Gasteiger partial charge on any atom is -0.436 e. The maximum atomic E-state index is 13.7. The number of piperidine rings is 1. The van der Waals surface area contributed by atoms with E-state index < -0.39 is 5.82 Å². The number of fused-ring (bicyclic) bond motifs is 1. The molecule has 1 saturated heterocycles. The maximum Gasteiger partial charge on any atom is 0.231 e. The molecule has 3 aromatic heterocycles. The molecule has 1 fully saturated rings. The van der Waals surface area contributed by atoms with Crippen molar-refractivity contribution in [2.75, 3.05) is 18.8 Å². The lowest BCUT2D eigenvalue weighted by atomic mass is 10.1. The van der Waals surface area contributed by atoms with Gasteiger partial charge in [-0.3, -0.25) is 4.68 Å². The van der Waals surface area contributed by atoms with E-state index in [4.69, 9.17) is 26.9 Å². The van der Waals surface area contributed by atoms with Gasteiger partial charge in [-0.15, -0.1) is 0 Å². The molecule has 148 valence electrons. The normalized spacial score (nSPS) is 15.2. The first-order valence-electron chi connectivity index (χ1n) is 9.36. The van der Waals surface area contributed by atoms with Gasteiger partial charge in [0.15, 0.2) is 5.58 Å². The van der Waals surface area contributed by atoms with Gasteiger partial charge in [0.2, 0.25) is 5.89 Å². The summed E-state index contributed by atoms with van der Waals surface area (Å²) < 4.78 is 21.4. The average molecular weight is 413 g/mol. The molecule has 0 unspecified atom stereocenters. The van der Waals surface area contributed by atoms with Crippen molar-refractivity contribution in [2.45, 2.75) is 18.9 Å². The summed E-state index contributed by atoms with van der Waals surface area (Å²) in [5.74, 6) is -0.0406. The van der Waals surface area contributed by atoms with Crippen LogP contribution < -0.4 is 11.1 Å². The second-order valence-corrected chi connectivity index (χ2v) is 7.48. The second kappa shape index (κ2) is 7.13. The zero-order valence-corrected chi connectivity index (χ0v) is 16.2. The van der Waals surface area contributed by atoms with E-state index in [1.165, 1.54) is 12.1 Å². The molecule has 29 heavy (non-hydrogen) atoms. The third-order valence-corrected chi connectivity index (χ3v) is 5.46. The molecule has 7 nitrogen and oxygen atoms in total. The van der Waals surface area contributed by atoms with Crippen molar-refractivity contribution in [3.05, 3.63) is 47.5 Å². The van der Waals surface area contributed by atoms with Gasteiger partial charge in [-0.05, 0) is 44.1 Å². The molecule has 0 bridgehead atoms. The standard InChI is InChI=1S/C20H18ClFN6O/c21-14-8-17-18(9-15(14)22)29-20(26-17)13-7-11(10-25-19(13)23)16-3-6-28(27-16)12-1-4-24-5-2-12/h3,6-10,12,24H,1-2,4-5H2,(H2,23,25). The summed E-state index contributed by atoms with van der Waals surface area (Å²) in [6.45, 7) is 1.99. The van der Waals surface area contributed by atoms with E-state index in [0.717, 1.165) is 37.2 Å². The van der Waals surface area contributed by atoms with Crippen molar-refractivity contribution in [2.24, 2.45) is 0 Å². The van der Waals surface area contributed by atoms with Crippen LogP contribution in [0.15, 0.2) is 41.1 Å². The number of rotatable bonds is 3. The SMILES string of the molecule is Nc1ncc(-c2ccn(C3CCNCC3)n2)cc1-c1nc2cc(Cl)c(F)cc2o1. The van der Waals surface area contributed by atoms with Crippen molar-refractivity contribution in [1.29, 1.82) is 0 Å². The third-order valence-electron chi connectivity index (χ3n) is 5.17. The average Bonchev–Trinajstić information content (AvgIpc) is 3.37. The highest BCUT2D eigenvalue weighted by molar-refractivity contribution is 6.31. The molecule has 0 amide bonds. The fraction of sp³-hybridized carbons (Fsp3) is 0.250. The van der Waals surface area contributed by atoms with Crippen LogP contribution in [0.25, 0.3) is 33.8 Å². The van der Waals surface area contributed by atoms with Crippen LogP contribution in [0, 0.1) is 5.82 Å². The number of halogens is 2. The highest BCUT2D eigenvalue weighted by Crippen LogP contribution is 2.32. The number of anilines is 1. The molecular weight excluding hydrogens is 395 g/mol. The van der Waals surface area contributed by atoms with Gasteiger partial charge in [0.05, 0.1) is 22.3 Å². The molecule has 4 heterocycles. The Morgan fingerprint density at radius 3 is 2.90 bits per heavy atom. The zero-order valence-electron chi connectivity index (χ0n) is 15.4. The van der Waals surface area contributed by atoms with Gasteiger partial charge in [-0.2, -0.15) is 5.10 Å². The van der Waals surface area contributed by atoms with Crippen molar-refractivity contribution in [3.63, 3.8) is 0 Å². The minimum atomic E-state index is -0.565. The Hall–Kier alpha value is -2.97. The zero-order chi connectivity index (χ0) is 20.0. The molecule has 0 spiro atoms. The van der Waals surface area contributed by atoms with E-state index in [9.17, 15) is 4.39 Å². The van der Waals surface area contributed by atoms with Crippen LogP contribution >= 0.6 is 11.6 Å². The lowest BCUT2D eigenvalue weighted by Gasteiger charge is -2.22. The van der Waals surface area contributed by atoms with Gasteiger partial charge in [0.25, 0.3) is 0 Å². The maximum absolute atomic E-state index is 13.7. The number of pyridine rings is 1. The molecule has 0 radical (unpaired) electrons. The summed E-state index contributed by atoms with van der Waals surface area (Å²) in [5, 5.41) is 8.07. The first-order valence-corrected chi connectivity index (χ1v) is 9.74. The lowest BCUT2D eigenvalue weighted by Crippen LogP contribution is -2.29. The van der Waals surface area contributed by atoms with Gasteiger partial charge in [-0.1, -0.05) is 11.6 Å². The highest BCUT2D eigenvalue weighted by atomic mass is 35.5. The molecule has 1 aliphatic rings. The Morgan fingerprint density at radius 2 is 2.07 bits per heavy atom. The van der Waals surface area contributed by atoms with Crippen LogP contribution in [-0.2, 0) is 0 Å². The summed E-state index contributed by atoms with van der Waals surface area (Å²) >= 11 is 5.84. The molecule has 5 rings (SSSR count). The Labute approximate surface area is 170 Å². The summed E-state index contributed by atoms with van der Waals surface area (Å²) in [6, 6.07) is 6.82. The fourth-order valence-electron chi connectivity index (χ4n) is 3.59. The van der Waals surface area contributed by atoms with Crippen LogP contribution in [0.2, 0.25) is 5.02 Å². The molecule has 0 saturated carbocycles. The number of benzene rings is 1. The van der Waals surface area contributed by atoms with Gasteiger partial charge in [0.1, 0.15) is 17.2 Å². The van der Waals surface area contributed by atoms with Crippen molar-refractivity contribution >= 4 is 28.5 Å². The molecular formula is C20H18ClFN6O. The highest BCUT2D eigenvalue weighted by Gasteiger charge is 2.18. The summed E-state index contributed by atoms with van der Waals surface area (Å²) in [5.41, 5.74) is 8.92. The van der Waals surface area contributed by atoms with Crippen LogP contribution in [0.3, 0.4) is 0 Å². The Morgan fingerprint density at radius 1 is 1.24 bits per heavy atom. The van der Waals surface area contributed by atoms with Gasteiger partial charge < -0.3 is 15.5 Å². The number of hydrogen-bond donors (Lipinski definition) is 2. The number of hydrogen-bond acceptors (Lipinski definition) is 6. The predicted octanol–water partition coefficient (Wildman–Crippen LogP) is 4.05. The quantitative estimate of drug-likeness (QED) is 0.527. The number of nitrogens with two attached hydrogens (primary N) is 1. The molecule has 4 aromatic rings. The van der Waals surface area contributed by atoms with E-state index in [2.05, 4.69) is 15.3 Å². The molecule has 0 aliphatic carbocycles. The van der Waals surface area contributed by atoms with E-state index in [1.807, 2.05) is 23.0 Å². The van der Waals surface area contributed by atoms with Crippen LogP contribution in [0.4, 0.5) is 10.2 Å². The Kier molecular flexibility index (Phi) is 4.44. The predicted molar refractivity (Wildman–Crippen MR) is 109 cm³/mol. The molecule has 0 atom stereocenters. The summed E-state index contributed by atoms with van der Waals surface area (Å²) in [7, 11) is 0. The molecule has 1 aromatic carbocycles. The minimum absolute atomic E-state index is 0.0133. The monoisotopic (exact) mass is 412 g/mol. The molecule has 9 heteroatoms. The van der Waals surface area contributed by atoms with E-state index in [-0.39, 0.29) is 16.7 Å². The largest absolute Gasteiger partial charge is 0.436 e. The van der Waals surface area contributed by atoms with E-state index in [0.29, 0.717) is 22.7 Å². The van der Waals surface area contributed by atoms with Crippen molar-refractivity contribution in [1.82, 2.24) is 25.1 Å². The molecule has 1 aliphatic heterocycles. The third kappa shape index (κ3) is 3.34. The number of aromatic nitrogens is 4.